The number of amides is 1. The maximum absolute atomic E-state index is 13.4. The number of benzene rings is 2. The molecule has 0 radical (unpaired) electrons. The van der Waals surface area contributed by atoms with E-state index in [1.54, 1.807) is 34.8 Å². The van der Waals surface area contributed by atoms with Crippen molar-refractivity contribution in [3.63, 3.8) is 0 Å². The highest BCUT2D eigenvalue weighted by Gasteiger charge is 2.28. The second-order valence-electron chi connectivity index (χ2n) is 9.78. The molecule has 2 heterocycles. The molecule has 0 N–H and O–H groups in total. The standard InChI is InChI=1S/C29H34N4O3.3C2H6/c1-20(19-36-23-15-16-25-26(18-23)32(7)21(2)31(25)6)30(5)27(34)24-14-11-17-33(28(24)35)29(3,4)22-12-9-8-10-13-22;3*1-2/h8-18,20H,2,19H2,1,3-7H3;3*1-2H3. The zero-order valence-corrected chi connectivity index (χ0v) is 27.9. The first kappa shape index (κ1) is 36.0. The Morgan fingerprint density at radius 1 is 0.905 bits per heavy atom. The van der Waals surface area contributed by atoms with Crippen molar-refractivity contribution in [2.45, 2.75) is 73.9 Å². The highest BCUT2D eigenvalue weighted by Crippen LogP contribution is 2.41. The number of hydrogen-bond donors (Lipinski definition) is 0. The highest BCUT2D eigenvalue weighted by molar-refractivity contribution is 5.93. The molecule has 1 unspecified atom stereocenters. The van der Waals surface area contributed by atoms with E-state index in [1.165, 1.54) is 0 Å². The van der Waals surface area contributed by atoms with Crippen molar-refractivity contribution < 1.29 is 9.53 Å². The number of nitrogens with zero attached hydrogens (tertiary/aromatic N) is 4. The summed E-state index contributed by atoms with van der Waals surface area (Å²) in [6.45, 7) is 22.2. The van der Waals surface area contributed by atoms with Crippen LogP contribution in [-0.4, -0.2) is 49.2 Å². The molecule has 3 aromatic rings. The number of likely N-dealkylation sites (N-methyl/N-ethyl adjacent to an activating group) is 1. The average Bonchev–Trinajstić information content (AvgIpc) is 3.25. The van der Waals surface area contributed by atoms with Gasteiger partial charge in [-0.25, -0.2) is 0 Å². The SMILES string of the molecule is C=C1N(C)c2ccc(OCC(C)N(C)C(=O)c3cccn(C(C)(C)c4ccccc4)c3=O)cc2N1C.CC.CC.CC. The third kappa shape index (κ3) is 7.64. The first-order valence-electron chi connectivity index (χ1n) is 15.0. The van der Waals surface area contributed by atoms with Crippen LogP contribution < -0.4 is 20.1 Å². The van der Waals surface area contributed by atoms with Crippen molar-refractivity contribution >= 4 is 17.3 Å². The number of hydrogen-bond acceptors (Lipinski definition) is 5. The number of anilines is 2. The predicted octanol–water partition coefficient (Wildman–Crippen LogP) is 7.61. The molecule has 7 heteroatoms. The fourth-order valence-electron chi connectivity index (χ4n) is 4.45. The Hall–Kier alpha value is -4.00. The molecule has 4 rings (SSSR count). The van der Waals surface area contributed by atoms with Crippen LogP contribution >= 0.6 is 0 Å². The summed E-state index contributed by atoms with van der Waals surface area (Å²) in [6.07, 6.45) is 1.73. The maximum atomic E-state index is 13.4. The summed E-state index contributed by atoms with van der Waals surface area (Å²) < 4.78 is 7.65. The Morgan fingerprint density at radius 2 is 1.48 bits per heavy atom. The molecule has 0 saturated heterocycles. The van der Waals surface area contributed by atoms with Crippen molar-refractivity contribution in [1.82, 2.24) is 9.47 Å². The third-order valence-corrected chi connectivity index (χ3v) is 7.18. The maximum Gasteiger partial charge on any atom is 0.264 e. The van der Waals surface area contributed by atoms with Crippen LogP contribution in [0, 0.1) is 0 Å². The summed E-state index contributed by atoms with van der Waals surface area (Å²) in [6, 6.07) is 18.8. The molecular formula is C35H52N4O3. The number of pyridine rings is 1. The minimum Gasteiger partial charge on any atom is -0.491 e. The van der Waals surface area contributed by atoms with E-state index < -0.39 is 5.54 Å². The molecule has 42 heavy (non-hydrogen) atoms. The fraction of sp³-hybridized carbons (Fsp3) is 0.429. The average molecular weight is 577 g/mol. The first-order valence-corrected chi connectivity index (χ1v) is 15.0. The molecule has 230 valence electrons. The van der Waals surface area contributed by atoms with E-state index in [-0.39, 0.29) is 29.7 Å². The highest BCUT2D eigenvalue weighted by atomic mass is 16.5. The van der Waals surface area contributed by atoms with E-state index in [1.807, 2.05) is 135 Å². The Kier molecular flexibility index (Phi) is 14.1. The van der Waals surface area contributed by atoms with Crippen LogP contribution in [0.5, 0.6) is 5.75 Å². The largest absolute Gasteiger partial charge is 0.491 e. The number of carbonyl (C=O) groups excluding carboxylic acids is 1. The number of carbonyl (C=O) groups is 1. The molecule has 1 atom stereocenters. The molecule has 1 aliphatic heterocycles. The van der Waals surface area contributed by atoms with Crippen LogP contribution in [0.1, 0.15) is 78.2 Å². The van der Waals surface area contributed by atoms with Gasteiger partial charge in [-0.15, -0.1) is 0 Å². The van der Waals surface area contributed by atoms with E-state index in [2.05, 4.69) is 6.58 Å². The van der Waals surface area contributed by atoms with Gasteiger partial charge in [0.15, 0.2) is 0 Å². The Balaban J connectivity index is 0.00000138. The van der Waals surface area contributed by atoms with E-state index >= 15 is 0 Å². The number of ether oxygens (including phenoxy) is 1. The smallest absolute Gasteiger partial charge is 0.264 e. The monoisotopic (exact) mass is 576 g/mol. The van der Waals surface area contributed by atoms with E-state index in [0.29, 0.717) is 5.75 Å². The second-order valence-corrected chi connectivity index (χ2v) is 9.78. The van der Waals surface area contributed by atoms with Gasteiger partial charge in [0.1, 0.15) is 23.7 Å². The summed E-state index contributed by atoms with van der Waals surface area (Å²) in [5, 5.41) is 0. The van der Waals surface area contributed by atoms with Gasteiger partial charge in [0.2, 0.25) is 0 Å². The van der Waals surface area contributed by atoms with Crippen LogP contribution in [0.15, 0.2) is 84.1 Å². The topological polar surface area (TPSA) is 58.0 Å². The van der Waals surface area contributed by atoms with Crippen molar-refractivity contribution in [3.8, 4) is 5.75 Å². The Labute approximate surface area is 254 Å². The number of aromatic nitrogens is 1. The van der Waals surface area contributed by atoms with Crippen LogP contribution in [-0.2, 0) is 5.54 Å². The molecule has 2 aromatic carbocycles. The Morgan fingerprint density at radius 3 is 2.07 bits per heavy atom. The molecular weight excluding hydrogens is 524 g/mol. The predicted molar refractivity (Wildman–Crippen MR) is 179 cm³/mol. The van der Waals surface area contributed by atoms with Crippen molar-refractivity contribution in [3.05, 3.63) is 101 Å². The summed E-state index contributed by atoms with van der Waals surface area (Å²) in [4.78, 5) is 32.3. The molecule has 0 aliphatic carbocycles. The molecule has 0 bridgehead atoms. The molecule has 1 aliphatic rings. The third-order valence-electron chi connectivity index (χ3n) is 7.18. The number of rotatable bonds is 7. The molecule has 1 amide bonds. The van der Waals surface area contributed by atoms with Gasteiger partial charge < -0.3 is 24.0 Å². The quantitative estimate of drug-likeness (QED) is 0.290. The molecule has 0 spiro atoms. The van der Waals surface area contributed by atoms with Gasteiger partial charge in [0.25, 0.3) is 11.5 Å². The lowest BCUT2D eigenvalue weighted by molar-refractivity contribution is 0.0693. The van der Waals surface area contributed by atoms with Gasteiger partial charge in [-0.1, -0.05) is 78.5 Å². The van der Waals surface area contributed by atoms with Gasteiger partial charge in [-0.3, -0.25) is 9.59 Å². The van der Waals surface area contributed by atoms with E-state index in [9.17, 15) is 9.59 Å². The van der Waals surface area contributed by atoms with Crippen molar-refractivity contribution in [2.24, 2.45) is 0 Å². The van der Waals surface area contributed by atoms with Crippen molar-refractivity contribution in [1.29, 1.82) is 0 Å². The van der Waals surface area contributed by atoms with Gasteiger partial charge >= 0.3 is 0 Å². The molecule has 1 aromatic heterocycles. The van der Waals surface area contributed by atoms with Gasteiger partial charge in [-0.2, -0.15) is 0 Å². The minimum atomic E-state index is -0.609. The van der Waals surface area contributed by atoms with E-state index in [4.69, 9.17) is 4.74 Å². The fourth-order valence-corrected chi connectivity index (χ4v) is 4.45. The summed E-state index contributed by atoms with van der Waals surface area (Å²) in [5.41, 5.74) is 2.28. The van der Waals surface area contributed by atoms with Gasteiger partial charge in [-0.05, 0) is 50.6 Å². The summed E-state index contributed by atoms with van der Waals surface area (Å²) >= 11 is 0. The van der Waals surface area contributed by atoms with Gasteiger partial charge in [0, 0.05) is 33.4 Å². The normalized spacial score (nSPS) is 12.4. The minimum absolute atomic E-state index is 0.136. The zero-order chi connectivity index (χ0) is 32.2. The Bertz CT molecular complexity index is 1350. The van der Waals surface area contributed by atoms with Crippen molar-refractivity contribution in [2.75, 3.05) is 37.5 Å². The van der Waals surface area contributed by atoms with Crippen LogP contribution in [0.4, 0.5) is 11.4 Å². The van der Waals surface area contributed by atoms with Gasteiger partial charge in [0.05, 0.1) is 23.0 Å². The first-order chi connectivity index (χ1) is 20.0. The second kappa shape index (κ2) is 16.4. The van der Waals surface area contributed by atoms with E-state index in [0.717, 1.165) is 22.8 Å². The zero-order valence-electron chi connectivity index (χ0n) is 27.9. The van der Waals surface area contributed by atoms with Crippen LogP contribution in [0.3, 0.4) is 0 Å². The lowest BCUT2D eigenvalue weighted by Gasteiger charge is -2.29. The molecule has 0 fully saturated rings. The lowest BCUT2D eigenvalue weighted by atomic mass is 9.93. The number of fused-ring (bicyclic) bond motifs is 1. The van der Waals surface area contributed by atoms with Crippen LogP contribution in [0.25, 0.3) is 0 Å². The molecule has 0 saturated carbocycles. The summed E-state index contributed by atoms with van der Waals surface area (Å²) in [5.74, 6) is 1.27. The molecule has 7 nitrogen and oxygen atoms in total. The lowest BCUT2D eigenvalue weighted by Crippen LogP contribution is -2.44. The summed E-state index contributed by atoms with van der Waals surface area (Å²) in [7, 11) is 5.65. The van der Waals surface area contributed by atoms with Crippen LogP contribution in [0.2, 0.25) is 0 Å².